The number of hydrogen-bond acceptors (Lipinski definition) is 4. The van der Waals surface area contributed by atoms with E-state index < -0.39 is 27.9 Å². The molecule has 144 valence electrons. The third-order valence-electron chi connectivity index (χ3n) is 4.49. The van der Waals surface area contributed by atoms with Crippen LogP contribution in [0.5, 0.6) is 0 Å². The van der Waals surface area contributed by atoms with Gasteiger partial charge in [-0.2, -0.15) is 4.31 Å². The van der Waals surface area contributed by atoms with E-state index in [1.54, 1.807) is 26.0 Å². The lowest BCUT2D eigenvalue weighted by Gasteiger charge is -2.25. The molecule has 1 amide bonds. The number of hydrogen-bond donors (Lipinski definition) is 2. The van der Waals surface area contributed by atoms with Crippen molar-refractivity contribution in [2.45, 2.75) is 50.5 Å². The smallest absolute Gasteiger partial charge is 0.326 e. The molecule has 1 aromatic rings. The van der Waals surface area contributed by atoms with Crippen molar-refractivity contribution in [3.8, 4) is 0 Å². The third kappa shape index (κ3) is 5.04. The lowest BCUT2D eigenvalue weighted by Crippen LogP contribution is -2.44. The van der Waals surface area contributed by atoms with Gasteiger partial charge >= 0.3 is 5.97 Å². The Balaban J connectivity index is 2.03. The van der Waals surface area contributed by atoms with E-state index in [1.165, 1.54) is 16.4 Å². The van der Waals surface area contributed by atoms with E-state index in [-0.39, 0.29) is 17.2 Å². The molecule has 7 nitrogen and oxygen atoms in total. The zero-order chi connectivity index (χ0) is 19.3. The molecule has 1 atom stereocenters. The Labute approximate surface area is 154 Å². The van der Waals surface area contributed by atoms with Gasteiger partial charge < -0.3 is 10.4 Å². The standard InChI is InChI=1S/C18H26N2O5S/c1-13(2)17(18(22)23)19-16(21)12-14-6-8-15(9-7-14)26(24,25)20-10-4-3-5-11-20/h6-9,13,17H,3-5,10-12H2,1-2H3,(H,19,21)(H,22,23)/t17-/m1/s1. The predicted octanol–water partition coefficient (Wildman–Crippen LogP) is 1.63. The highest BCUT2D eigenvalue weighted by Crippen LogP contribution is 2.21. The van der Waals surface area contributed by atoms with E-state index in [4.69, 9.17) is 5.11 Å². The van der Waals surface area contributed by atoms with Gasteiger partial charge in [0.1, 0.15) is 6.04 Å². The first-order chi connectivity index (χ1) is 12.2. The number of piperidine rings is 1. The van der Waals surface area contributed by atoms with Crippen molar-refractivity contribution in [3.63, 3.8) is 0 Å². The van der Waals surface area contributed by atoms with Crippen molar-refractivity contribution < 1.29 is 23.1 Å². The van der Waals surface area contributed by atoms with Crippen LogP contribution in [-0.4, -0.2) is 48.8 Å². The highest BCUT2D eigenvalue weighted by Gasteiger charge is 2.26. The molecular formula is C18H26N2O5S. The van der Waals surface area contributed by atoms with Crippen molar-refractivity contribution in [1.29, 1.82) is 0 Å². The van der Waals surface area contributed by atoms with E-state index >= 15 is 0 Å². The molecule has 2 rings (SSSR count). The van der Waals surface area contributed by atoms with E-state index in [0.717, 1.165) is 19.3 Å². The lowest BCUT2D eigenvalue weighted by atomic mass is 10.0. The zero-order valence-electron chi connectivity index (χ0n) is 15.1. The number of carbonyl (C=O) groups is 2. The summed E-state index contributed by atoms with van der Waals surface area (Å²) in [5.41, 5.74) is 0.632. The first-order valence-electron chi connectivity index (χ1n) is 8.83. The maximum absolute atomic E-state index is 12.6. The van der Waals surface area contributed by atoms with Gasteiger partial charge in [-0.1, -0.05) is 32.4 Å². The lowest BCUT2D eigenvalue weighted by molar-refractivity contribution is -0.143. The first-order valence-corrected chi connectivity index (χ1v) is 10.3. The van der Waals surface area contributed by atoms with Crippen molar-refractivity contribution >= 4 is 21.9 Å². The van der Waals surface area contributed by atoms with Crippen LogP contribution in [0.15, 0.2) is 29.2 Å². The number of amides is 1. The van der Waals surface area contributed by atoms with E-state index in [1.807, 2.05) is 0 Å². The summed E-state index contributed by atoms with van der Waals surface area (Å²) >= 11 is 0. The van der Waals surface area contributed by atoms with Crippen LogP contribution in [0.25, 0.3) is 0 Å². The van der Waals surface area contributed by atoms with Gasteiger partial charge in [-0.15, -0.1) is 0 Å². The van der Waals surface area contributed by atoms with Crippen LogP contribution >= 0.6 is 0 Å². The molecule has 1 saturated heterocycles. The quantitative estimate of drug-likeness (QED) is 0.746. The SMILES string of the molecule is CC(C)[C@@H](NC(=O)Cc1ccc(S(=O)(=O)N2CCCCC2)cc1)C(=O)O. The minimum Gasteiger partial charge on any atom is -0.480 e. The van der Waals surface area contributed by atoms with Crippen molar-refractivity contribution in [1.82, 2.24) is 9.62 Å². The van der Waals surface area contributed by atoms with Crippen LogP contribution in [0.2, 0.25) is 0 Å². The summed E-state index contributed by atoms with van der Waals surface area (Å²) < 4.78 is 26.7. The van der Waals surface area contributed by atoms with Crippen molar-refractivity contribution in [2.24, 2.45) is 5.92 Å². The Morgan fingerprint density at radius 1 is 1.12 bits per heavy atom. The molecule has 0 saturated carbocycles. The zero-order valence-corrected chi connectivity index (χ0v) is 16.0. The molecule has 1 aliphatic heterocycles. The number of aliphatic carboxylic acids is 1. The Morgan fingerprint density at radius 2 is 1.69 bits per heavy atom. The van der Waals surface area contributed by atoms with Crippen LogP contribution in [0.1, 0.15) is 38.7 Å². The summed E-state index contributed by atoms with van der Waals surface area (Å²) in [6.45, 7) is 4.52. The molecule has 26 heavy (non-hydrogen) atoms. The molecule has 0 unspecified atom stereocenters. The Kier molecular flexibility index (Phi) is 6.77. The molecule has 2 N–H and O–H groups in total. The van der Waals surface area contributed by atoms with Crippen LogP contribution in [-0.2, 0) is 26.0 Å². The molecule has 0 aromatic heterocycles. The Hall–Kier alpha value is -1.93. The number of sulfonamides is 1. The van der Waals surface area contributed by atoms with E-state index in [2.05, 4.69) is 5.32 Å². The van der Waals surface area contributed by atoms with Gasteiger partial charge in [-0.25, -0.2) is 13.2 Å². The second-order valence-electron chi connectivity index (χ2n) is 6.91. The van der Waals surface area contributed by atoms with Crippen LogP contribution in [0.3, 0.4) is 0 Å². The summed E-state index contributed by atoms with van der Waals surface area (Å²) in [7, 11) is -3.49. The Bertz CT molecular complexity index is 737. The van der Waals surface area contributed by atoms with Gasteiger partial charge in [0.25, 0.3) is 0 Å². The monoisotopic (exact) mass is 382 g/mol. The number of nitrogens with zero attached hydrogens (tertiary/aromatic N) is 1. The molecule has 0 spiro atoms. The fourth-order valence-electron chi connectivity index (χ4n) is 2.96. The van der Waals surface area contributed by atoms with Gasteiger partial charge in [0.2, 0.25) is 15.9 Å². The number of rotatable bonds is 7. The minimum atomic E-state index is -3.49. The van der Waals surface area contributed by atoms with E-state index in [9.17, 15) is 18.0 Å². The molecule has 0 bridgehead atoms. The summed E-state index contributed by atoms with van der Waals surface area (Å²) in [6, 6.07) is 5.26. The molecule has 1 fully saturated rings. The highest BCUT2D eigenvalue weighted by atomic mass is 32.2. The summed E-state index contributed by atoms with van der Waals surface area (Å²) in [4.78, 5) is 23.4. The predicted molar refractivity (Wildman–Crippen MR) is 97.2 cm³/mol. The molecule has 1 aromatic carbocycles. The number of carboxylic acid groups (broad SMARTS) is 1. The maximum Gasteiger partial charge on any atom is 0.326 e. The van der Waals surface area contributed by atoms with Crippen molar-refractivity contribution in [2.75, 3.05) is 13.1 Å². The van der Waals surface area contributed by atoms with Gasteiger partial charge in [0, 0.05) is 13.1 Å². The average molecular weight is 382 g/mol. The van der Waals surface area contributed by atoms with Gasteiger partial charge in [0.05, 0.1) is 11.3 Å². The molecule has 0 aliphatic carbocycles. The van der Waals surface area contributed by atoms with E-state index in [0.29, 0.717) is 18.7 Å². The maximum atomic E-state index is 12.6. The first kappa shape index (κ1) is 20.4. The minimum absolute atomic E-state index is 0.000538. The summed E-state index contributed by atoms with van der Waals surface area (Å²) in [5.74, 6) is -1.71. The second kappa shape index (κ2) is 8.64. The summed E-state index contributed by atoms with van der Waals surface area (Å²) in [6.07, 6.45) is 2.80. The largest absolute Gasteiger partial charge is 0.480 e. The fraction of sp³-hybridized carbons (Fsp3) is 0.556. The molecule has 1 aliphatic rings. The molecule has 0 radical (unpaired) electrons. The third-order valence-corrected chi connectivity index (χ3v) is 6.40. The number of nitrogens with one attached hydrogen (secondary N) is 1. The molecule has 8 heteroatoms. The van der Waals surface area contributed by atoms with Crippen LogP contribution in [0, 0.1) is 5.92 Å². The molecular weight excluding hydrogens is 356 g/mol. The second-order valence-corrected chi connectivity index (χ2v) is 8.85. The molecule has 1 heterocycles. The summed E-state index contributed by atoms with van der Waals surface area (Å²) in [5, 5.41) is 11.6. The average Bonchev–Trinajstić information content (AvgIpc) is 2.60. The fourth-order valence-corrected chi connectivity index (χ4v) is 4.47. The van der Waals surface area contributed by atoms with Crippen molar-refractivity contribution in [3.05, 3.63) is 29.8 Å². The Morgan fingerprint density at radius 3 is 2.19 bits per heavy atom. The number of carbonyl (C=O) groups excluding carboxylic acids is 1. The van der Waals surface area contributed by atoms with Gasteiger partial charge in [0.15, 0.2) is 0 Å². The number of carboxylic acids is 1. The van der Waals surface area contributed by atoms with Crippen LogP contribution in [0.4, 0.5) is 0 Å². The van der Waals surface area contributed by atoms with Gasteiger partial charge in [-0.05, 0) is 36.5 Å². The normalized spacial score (nSPS) is 17.0. The topological polar surface area (TPSA) is 104 Å². The number of benzene rings is 1. The van der Waals surface area contributed by atoms with Crippen LogP contribution < -0.4 is 5.32 Å². The highest BCUT2D eigenvalue weighted by molar-refractivity contribution is 7.89. The van der Waals surface area contributed by atoms with Gasteiger partial charge in [-0.3, -0.25) is 4.79 Å².